The number of halogens is 1. The van der Waals surface area contributed by atoms with Gasteiger partial charge in [0, 0.05) is 26.2 Å². The van der Waals surface area contributed by atoms with Gasteiger partial charge in [0.25, 0.3) is 0 Å². The highest BCUT2D eigenvalue weighted by molar-refractivity contribution is 7.89. The van der Waals surface area contributed by atoms with Gasteiger partial charge >= 0.3 is 0 Å². The van der Waals surface area contributed by atoms with Gasteiger partial charge in [0.05, 0.1) is 22.0 Å². The van der Waals surface area contributed by atoms with Crippen molar-refractivity contribution in [3.8, 4) is 0 Å². The van der Waals surface area contributed by atoms with Crippen LogP contribution < -0.4 is 0 Å². The minimum atomic E-state index is -3.89. The second-order valence-corrected chi connectivity index (χ2v) is 10.7. The van der Waals surface area contributed by atoms with Crippen LogP contribution in [0.2, 0.25) is 0 Å². The van der Waals surface area contributed by atoms with E-state index in [0.29, 0.717) is 0 Å². The third-order valence-corrected chi connectivity index (χ3v) is 8.50. The molecule has 0 aliphatic carbocycles. The zero-order valence-electron chi connectivity index (χ0n) is 14.8. The smallest absolute Gasteiger partial charge is 0.243 e. The highest BCUT2D eigenvalue weighted by Crippen LogP contribution is 2.28. The molecule has 2 aromatic carbocycles. The minimum absolute atomic E-state index is 0.0101. The summed E-state index contributed by atoms with van der Waals surface area (Å²) in [5.74, 6) is -0.630. The van der Waals surface area contributed by atoms with Crippen LogP contribution in [0.1, 0.15) is 0 Å². The lowest BCUT2D eigenvalue weighted by Gasteiger charge is -2.44. The van der Waals surface area contributed by atoms with E-state index in [9.17, 15) is 21.2 Å². The Morgan fingerprint density at radius 2 is 1.25 bits per heavy atom. The Labute approximate surface area is 163 Å². The van der Waals surface area contributed by atoms with E-state index in [-0.39, 0.29) is 36.0 Å². The SMILES string of the molecule is O=S(=O)(c1ccccc1)N1CC2CN(S(=O)(=O)c3cccc(F)c3)CC(C1)O2. The van der Waals surface area contributed by atoms with Crippen molar-refractivity contribution < 1.29 is 26.0 Å². The van der Waals surface area contributed by atoms with Crippen LogP contribution in [0.15, 0.2) is 64.4 Å². The average Bonchev–Trinajstić information content (AvgIpc) is 2.68. The number of nitrogens with zero attached hydrogens (tertiary/aromatic N) is 2. The Morgan fingerprint density at radius 3 is 1.79 bits per heavy atom. The van der Waals surface area contributed by atoms with Crippen LogP contribution in [0.5, 0.6) is 0 Å². The molecule has 2 aliphatic heterocycles. The van der Waals surface area contributed by atoms with Crippen molar-refractivity contribution in [1.29, 1.82) is 0 Å². The van der Waals surface area contributed by atoms with E-state index in [1.807, 2.05) is 0 Å². The van der Waals surface area contributed by atoms with Gasteiger partial charge in [-0.05, 0) is 30.3 Å². The lowest BCUT2D eigenvalue weighted by atomic mass is 10.2. The van der Waals surface area contributed by atoms with Gasteiger partial charge in [-0.15, -0.1) is 0 Å². The first-order valence-electron chi connectivity index (χ1n) is 8.73. The highest BCUT2D eigenvalue weighted by atomic mass is 32.2. The topological polar surface area (TPSA) is 84.0 Å². The zero-order valence-corrected chi connectivity index (χ0v) is 16.4. The average molecular weight is 426 g/mol. The number of ether oxygens (including phenoxy) is 1. The third-order valence-electron chi connectivity index (χ3n) is 4.83. The van der Waals surface area contributed by atoms with Crippen molar-refractivity contribution in [2.75, 3.05) is 26.2 Å². The van der Waals surface area contributed by atoms with E-state index in [1.54, 1.807) is 18.2 Å². The highest BCUT2D eigenvalue weighted by Gasteiger charge is 2.43. The number of sulfonamides is 2. The first-order chi connectivity index (χ1) is 13.3. The number of morpholine rings is 2. The van der Waals surface area contributed by atoms with Gasteiger partial charge in [-0.3, -0.25) is 0 Å². The lowest BCUT2D eigenvalue weighted by Crippen LogP contribution is -2.61. The van der Waals surface area contributed by atoms with E-state index >= 15 is 0 Å². The van der Waals surface area contributed by atoms with Crippen LogP contribution in [-0.4, -0.2) is 63.8 Å². The second kappa shape index (κ2) is 7.20. The van der Waals surface area contributed by atoms with Crippen molar-refractivity contribution in [3.63, 3.8) is 0 Å². The van der Waals surface area contributed by atoms with Crippen molar-refractivity contribution in [3.05, 3.63) is 60.4 Å². The molecular formula is C18H19FN2O5S2. The van der Waals surface area contributed by atoms with E-state index in [4.69, 9.17) is 4.74 Å². The van der Waals surface area contributed by atoms with Crippen molar-refractivity contribution in [2.45, 2.75) is 22.0 Å². The van der Waals surface area contributed by atoms with E-state index in [1.165, 1.54) is 38.9 Å². The molecule has 2 heterocycles. The van der Waals surface area contributed by atoms with Gasteiger partial charge in [0.1, 0.15) is 5.82 Å². The maximum Gasteiger partial charge on any atom is 0.243 e. The maximum absolute atomic E-state index is 13.5. The Morgan fingerprint density at radius 1 is 0.750 bits per heavy atom. The fraction of sp³-hybridized carbons (Fsp3) is 0.333. The monoisotopic (exact) mass is 426 g/mol. The van der Waals surface area contributed by atoms with E-state index in [0.717, 1.165) is 6.07 Å². The summed E-state index contributed by atoms with van der Waals surface area (Å²) in [5.41, 5.74) is 0. The molecule has 4 rings (SSSR count). The molecular weight excluding hydrogens is 407 g/mol. The summed E-state index contributed by atoms with van der Waals surface area (Å²) in [4.78, 5) is 0.0699. The molecule has 2 atom stereocenters. The molecule has 0 saturated carbocycles. The summed E-state index contributed by atoms with van der Waals surface area (Å²) in [7, 11) is -7.57. The maximum atomic E-state index is 13.5. The molecule has 2 aliphatic rings. The van der Waals surface area contributed by atoms with Crippen LogP contribution in [0.4, 0.5) is 4.39 Å². The van der Waals surface area contributed by atoms with Crippen molar-refractivity contribution in [2.24, 2.45) is 0 Å². The number of fused-ring (bicyclic) bond motifs is 2. The van der Waals surface area contributed by atoms with Crippen molar-refractivity contribution >= 4 is 20.0 Å². The predicted octanol–water partition coefficient (Wildman–Crippen LogP) is 1.29. The third kappa shape index (κ3) is 3.58. The molecule has 0 spiro atoms. The van der Waals surface area contributed by atoms with Gasteiger partial charge in [-0.2, -0.15) is 8.61 Å². The molecule has 2 aromatic rings. The molecule has 7 nitrogen and oxygen atoms in total. The summed E-state index contributed by atoms with van der Waals surface area (Å²) in [5, 5.41) is 0. The molecule has 0 aromatic heterocycles. The van der Waals surface area contributed by atoms with Crippen LogP contribution in [0.25, 0.3) is 0 Å². The largest absolute Gasteiger partial charge is 0.369 e. The lowest BCUT2D eigenvalue weighted by molar-refractivity contribution is -0.104. The molecule has 0 radical (unpaired) electrons. The van der Waals surface area contributed by atoms with Crippen LogP contribution >= 0.6 is 0 Å². The standard InChI is InChI=1S/C18H19FN2O5S2/c19-14-5-4-8-18(9-14)28(24,25)21-12-15-10-20(11-16(13-21)26-15)27(22,23)17-6-2-1-3-7-17/h1-9,15-16H,10-13H2. The molecule has 10 heteroatoms. The fourth-order valence-corrected chi connectivity index (χ4v) is 6.59. The first kappa shape index (κ1) is 19.5. The number of hydrogen-bond donors (Lipinski definition) is 0. The number of benzene rings is 2. The fourth-order valence-electron chi connectivity index (χ4n) is 3.53. The van der Waals surface area contributed by atoms with Gasteiger partial charge in [0.15, 0.2) is 0 Å². The predicted molar refractivity (Wildman–Crippen MR) is 99.0 cm³/mol. The van der Waals surface area contributed by atoms with Crippen LogP contribution in [0, 0.1) is 5.82 Å². The van der Waals surface area contributed by atoms with E-state index in [2.05, 4.69) is 0 Å². The molecule has 2 fully saturated rings. The van der Waals surface area contributed by atoms with E-state index < -0.39 is 38.1 Å². The van der Waals surface area contributed by atoms with Crippen molar-refractivity contribution in [1.82, 2.24) is 8.61 Å². The molecule has 2 saturated heterocycles. The van der Waals surface area contributed by atoms with Crippen LogP contribution in [-0.2, 0) is 24.8 Å². The zero-order chi connectivity index (χ0) is 19.9. The Balaban J connectivity index is 1.55. The second-order valence-electron chi connectivity index (χ2n) is 6.79. The van der Waals surface area contributed by atoms with Gasteiger partial charge < -0.3 is 4.74 Å². The summed E-state index contributed by atoms with van der Waals surface area (Å²) >= 11 is 0. The molecule has 2 unspecified atom stereocenters. The number of rotatable bonds is 4. The Bertz CT molecular complexity index is 1060. The quantitative estimate of drug-likeness (QED) is 0.736. The summed E-state index contributed by atoms with van der Waals surface area (Å²) in [6.45, 7) is 0.137. The molecule has 0 N–H and O–H groups in total. The van der Waals surface area contributed by atoms with Gasteiger partial charge in [0.2, 0.25) is 20.0 Å². The van der Waals surface area contributed by atoms with Gasteiger partial charge in [-0.25, -0.2) is 21.2 Å². The number of hydrogen-bond acceptors (Lipinski definition) is 5. The molecule has 2 bridgehead atoms. The Kier molecular flexibility index (Phi) is 5.00. The first-order valence-corrected chi connectivity index (χ1v) is 11.6. The van der Waals surface area contributed by atoms with Crippen LogP contribution in [0.3, 0.4) is 0 Å². The summed E-state index contributed by atoms with van der Waals surface area (Å²) in [6, 6.07) is 13.0. The molecule has 28 heavy (non-hydrogen) atoms. The van der Waals surface area contributed by atoms with Gasteiger partial charge in [-0.1, -0.05) is 24.3 Å². The normalized spacial score (nSPS) is 24.2. The Hall–Kier alpha value is -1.85. The summed E-state index contributed by atoms with van der Waals surface area (Å²) in [6.07, 6.45) is -1.18. The molecule has 150 valence electrons. The summed E-state index contributed by atoms with van der Waals surface area (Å²) < 4.78 is 73.2. The molecule has 0 amide bonds. The minimum Gasteiger partial charge on any atom is -0.369 e.